The summed E-state index contributed by atoms with van der Waals surface area (Å²) in [4.78, 5) is 0. The average molecular weight is 196 g/mol. The van der Waals surface area contributed by atoms with Crippen molar-refractivity contribution in [2.45, 2.75) is 12.8 Å². The molecule has 2 saturated heterocycles. The lowest BCUT2D eigenvalue weighted by atomic mass is 10.5. The van der Waals surface area contributed by atoms with E-state index in [1.54, 1.807) is 0 Å². The standard InChI is InChI=1S/C3H6O2S.C3H6OS/c4-6(5)2-1-3-6;4-5-2-1-3-5/h1-3H2;1-3H2. The molecule has 0 bridgehead atoms. The average Bonchev–Trinajstić information content (AvgIpc) is 1.82. The van der Waals surface area contributed by atoms with Crippen molar-refractivity contribution in [3.05, 3.63) is 0 Å². The van der Waals surface area contributed by atoms with Gasteiger partial charge in [0.15, 0.2) is 0 Å². The largest absolute Gasteiger partial charge is 0.260 e. The molecule has 0 aromatic carbocycles. The molecule has 2 aliphatic heterocycles. The molecule has 0 aromatic heterocycles. The van der Waals surface area contributed by atoms with Gasteiger partial charge in [0.05, 0.1) is 11.5 Å². The van der Waals surface area contributed by atoms with Crippen LogP contribution in [0.2, 0.25) is 0 Å². The predicted molar refractivity (Wildman–Crippen MR) is 45.8 cm³/mol. The molecule has 0 saturated carbocycles. The monoisotopic (exact) mass is 196 g/mol. The van der Waals surface area contributed by atoms with E-state index in [1.165, 1.54) is 6.42 Å². The topological polar surface area (TPSA) is 51.2 Å². The molecule has 2 rings (SSSR count). The van der Waals surface area contributed by atoms with E-state index in [1.807, 2.05) is 0 Å². The SMILES string of the molecule is O=S1(=O)CCC1.O=S1CCC1. The third-order valence-corrected chi connectivity index (χ3v) is 4.96. The maximum Gasteiger partial charge on any atom is 0.150 e. The van der Waals surface area contributed by atoms with Crippen molar-refractivity contribution in [3.63, 3.8) is 0 Å². The van der Waals surface area contributed by atoms with Crippen LogP contribution in [-0.2, 0) is 20.6 Å². The molecule has 0 amide bonds. The highest BCUT2D eigenvalue weighted by Crippen LogP contribution is 2.06. The summed E-state index contributed by atoms with van der Waals surface area (Å²) >= 11 is 0. The summed E-state index contributed by atoms with van der Waals surface area (Å²) in [6.07, 6.45) is 2.06. The Bertz CT molecular complexity index is 227. The van der Waals surface area contributed by atoms with Crippen LogP contribution in [0.15, 0.2) is 0 Å². The van der Waals surface area contributed by atoms with E-state index in [2.05, 4.69) is 0 Å². The van der Waals surface area contributed by atoms with Crippen LogP contribution >= 0.6 is 0 Å². The summed E-state index contributed by atoms with van der Waals surface area (Å²) in [5.74, 6) is 2.76. The Kier molecular flexibility index (Phi) is 3.06. The first-order chi connectivity index (χ1) is 5.10. The first-order valence-corrected chi connectivity index (χ1v) is 6.96. The highest BCUT2D eigenvalue weighted by atomic mass is 32.2. The molecule has 2 aliphatic rings. The minimum absolute atomic E-state index is 0.392. The Balaban J connectivity index is 0.000000112. The van der Waals surface area contributed by atoms with E-state index < -0.39 is 20.6 Å². The number of sulfone groups is 1. The van der Waals surface area contributed by atoms with Gasteiger partial charge >= 0.3 is 0 Å². The second kappa shape index (κ2) is 3.67. The fraction of sp³-hybridized carbons (Fsp3) is 1.00. The van der Waals surface area contributed by atoms with Gasteiger partial charge in [0.25, 0.3) is 0 Å². The quantitative estimate of drug-likeness (QED) is 0.545. The van der Waals surface area contributed by atoms with Crippen LogP contribution in [0.3, 0.4) is 0 Å². The van der Waals surface area contributed by atoms with Crippen LogP contribution in [0.25, 0.3) is 0 Å². The lowest BCUT2D eigenvalue weighted by Crippen LogP contribution is -2.23. The summed E-state index contributed by atoms with van der Waals surface area (Å²) in [6.45, 7) is 0. The third kappa shape index (κ3) is 3.33. The molecule has 66 valence electrons. The van der Waals surface area contributed by atoms with Gasteiger partial charge < -0.3 is 0 Å². The van der Waals surface area contributed by atoms with Gasteiger partial charge in [-0.05, 0) is 12.8 Å². The van der Waals surface area contributed by atoms with E-state index in [0.29, 0.717) is 11.5 Å². The molecule has 0 atom stereocenters. The van der Waals surface area contributed by atoms with E-state index in [4.69, 9.17) is 0 Å². The van der Waals surface area contributed by atoms with E-state index in [0.717, 1.165) is 17.9 Å². The minimum atomic E-state index is -2.48. The zero-order chi connectivity index (χ0) is 8.32. The smallest absolute Gasteiger partial charge is 0.150 e. The zero-order valence-electron chi connectivity index (χ0n) is 6.28. The first-order valence-electron chi connectivity index (χ1n) is 3.65. The molecule has 0 unspecified atom stereocenters. The van der Waals surface area contributed by atoms with E-state index in [9.17, 15) is 12.6 Å². The van der Waals surface area contributed by atoms with Gasteiger partial charge in [-0.3, -0.25) is 4.21 Å². The Labute approximate surface area is 69.6 Å². The molecule has 0 N–H and O–H groups in total. The normalized spacial score (nSPS) is 27.3. The lowest BCUT2D eigenvalue weighted by Gasteiger charge is -2.09. The molecule has 11 heavy (non-hydrogen) atoms. The number of hydrogen-bond donors (Lipinski definition) is 0. The summed E-state index contributed by atoms with van der Waals surface area (Å²) in [5.41, 5.74) is 0. The van der Waals surface area contributed by atoms with Gasteiger partial charge in [-0.1, -0.05) is 0 Å². The fourth-order valence-corrected chi connectivity index (χ4v) is 1.93. The Morgan fingerprint density at radius 3 is 1.36 bits per heavy atom. The second-order valence-electron chi connectivity index (χ2n) is 2.71. The van der Waals surface area contributed by atoms with Crippen molar-refractivity contribution in [3.8, 4) is 0 Å². The molecule has 2 heterocycles. The van der Waals surface area contributed by atoms with Gasteiger partial charge in [-0.15, -0.1) is 0 Å². The molecule has 2 fully saturated rings. The Morgan fingerprint density at radius 2 is 1.36 bits per heavy atom. The molecule has 0 aliphatic carbocycles. The van der Waals surface area contributed by atoms with Crippen LogP contribution in [0.5, 0.6) is 0 Å². The van der Waals surface area contributed by atoms with Crippen molar-refractivity contribution < 1.29 is 12.6 Å². The van der Waals surface area contributed by atoms with Crippen LogP contribution in [0, 0.1) is 0 Å². The van der Waals surface area contributed by atoms with Crippen molar-refractivity contribution in [1.29, 1.82) is 0 Å². The summed E-state index contributed by atoms with van der Waals surface area (Å²) in [5, 5.41) is 0. The van der Waals surface area contributed by atoms with Gasteiger partial charge in [0.1, 0.15) is 9.84 Å². The van der Waals surface area contributed by atoms with Crippen molar-refractivity contribution in [1.82, 2.24) is 0 Å². The van der Waals surface area contributed by atoms with Crippen molar-refractivity contribution in [2.75, 3.05) is 23.0 Å². The number of rotatable bonds is 0. The summed E-state index contributed by atoms with van der Waals surface area (Å²) < 4.78 is 30.2. The van der Waals surface area contributed by atoms with Gasteiger partial charge in [0, 0.05) is 22.3 Å². The predicted octanol–water partition coefficient (Wildman–Crippen LogP) is -0.0563. The summed E-state index contributed by atoms with van der Waals surface area (Å²) in [6, 6.07) is 0. The maximum absolute atomic E-state index is 10.1. The number of hydrogen-bond acceptors (Lipinski definition) is 3. The highest BCUT2D eigenvalue weighted by Gasteiger charge is 2.19. The highest BCUT2D eigenvalue weighted by molar-refractivity contribution is 7.92. The molecule has 0 radical (unpaired) electrons. The maximum atomic E-state index is 10.1. The van der Waals surface area contributed by atoms with Gasteiger partial charge in [0.2, 0.25) is 0 Å². The fourth-order valence-electron chi connectivity index (χ4n) is 0.642. The molecule has 5 heteroatoms. The molecule has 0 aromatic rings. The molecule has 0 spiro atoms. The second-order valence-corrected chi connectivity index (χ2v) is 6.71. The van der Waals surface area contributed by atoms with Crippen molar-refractivity contribution in [2.24, 2.45) is 0 Å². The molecular weight excluding hydrogens is 184 g/mol. The van der Waals surface area contributed by atoms with Crippen LogP contribution < -0.4 is 0 Å². The van der Waals surface area contributed by atoms with Crippen LogP contribution in [-0.4, -0.2) is 35.6 Å². The van der Waals surface area contributed by atoms with E-state index in [-0.39, 0.29) is 0 Å². The van der Waals surface area contributed by atoms with Gasteiger partial charge in [-0.2, -0.15) is 0 Å². The first kappa shape index (κ1) is 9.19. The third-order valence-electron chi connectivity index (χ3n) is 1.65. The Morgan fingerprint density at radius 1 is 1.00 bits per heavy atom. The Hall–Kier alpha value is 0.1000. The minimum Gasteiger partial charge on any atom is -0.260 e. The summed E-state index contributed by atoms with van der Waals surface area (Å²) in [7, 11) is -2.87. The lowest BCUT2D eigenvalue weighted by molar-refractivity contribution is 0.580. The zero-order valence-corrected chi connectivity index (χ0v) is 7.92. The van der Waals surface area contributed by atoms with Crippen molar-refractivity contribution >= 4 is 20.6 Å². The van der Waals surface area contributed by atoms with E-state index >= 15 is 0 Å². The molecule has 3 nitrogen and oxygen atoms in total. The van der Waals surface area contributed by atoms with Crippen LogP contribution in [0.4, 0.5) is 0 Å². The molecular formula is C6H12O3S2. The van der Waals surface area contributed by atoms with Gasteiger partial charge in [-0.25, -0.2) is 8.42 Å². The van der Waals surface area contributed by atoms with Crippen LogP contribution in [0.1, 0.15) is 12.8 Å².